The molecule has 0 fully saturated rings. The van der Waals surface area contributed by atoms with E-state index in [9.17, 15) is 0 Å². The van der Waals surface area contributed by atoms with Crippen LogP contribution in [0.5, 0.6) is 5.75 Å². The molecule has 2 aromatic rings. The van der Waals surface area contributed by atoms with E-state index in [1.165, 1.54) is 48.4 Å². The summed E-state index contributed by atoms with van der Waals surface area (Å²) in [7, 11) is 1.71. The summed E-state index contributed by atoms with van der Waals surface area (Å²) < 4.78 is 5.24. The summed E-state index contributed by atoms with van der Waals surface area (Å²) in [5.41, 5.74) is 1.45. The van der Waals surface area contributed by atoms with Crippen LogP contribution in [0, 0.1) is 0 Å². The molecule has 96 valence electrons. The SMILES string of the molecule is CCCCCCc1ccc2cc(OC)ccc2c1. The molecule has 0 radical (unpaired) electrons. The molecule has 18 heavy (non-hydrogen) atoms. The first-order valence-corrected chi connectivity index (χ1v) is 6.90. The number of benzene rings is 2. The number of methoxy groups -OCH3 is 1. The molecule has 1 heteroatoms. The van der Waals surface area contributed by atoms with Gasteiger partial charge in [-0.1, -0.05) is 50.5 Å². The maximum atomic E-state index is 5.24. The lowest BCUT2D eigenvalue weighted by atomic mass is 10.0. The predicted octanol–water partition coefficient (Wildman–Crippen LogP) is 4.97. The first-order valence-electron chi connectivity index (χ1n) is 6.90. The Morgan fingerprint density at radius 2 is 1.67 bits per heavy atom. The van der Waals surface area contributed by atoms with Gasteiger partial charge in [-0.25, -0.2) is 0 Å². The third-order valence-corrected chi connectivity index (χ3v) is 3.43. The highest BCUT2D eigenvalue weighted by molar-refractivity contribution is 5.84. The van der Waals surface area contributed by atoms with Crippen LogP contribution >= 0.6 is 0 Å². The van der Waals surface area contributed by atoms with Gasteiger partial charge in [0, 0.05) is 0 Å². The van der Waals surface area contributed by atoms with E-state index < -0.39 is 0 Å². The molecule has 0 unspecified atom stereocenters. The molecule has 0 saturated heterocycles. The number of hydrogen-bond acceptors (Lipinski definition) is 1. The summed E-state index contributed by atoms with van der Waals surface area (Å²) in [5, 5.41) is 2.57. The standard InChI is InChI=1S/C17H22O/c1-3-4-5-6-7-14-8-9-16-13-17(18-2)11-10-15(16)12-14/h8-13H,3-7H2,1-2H3. The molecule has 0 bridgehead atoms. The van der Waals surface area contributed by atoms with E-state index in [1.54, 1.807) is 7.11 Å². The van der Waals surface area contributed by atoms with Gasteiger partial charge in [0.05, 0.1) is 7.11 Å². The fourth-order valence-electron chi connectivity index (χ4n) is 2.31. The molecular formula is C17H22O. The lowest BCUT2D eigenvalue weighted by molar-refractivity contribution is 0.415. The minimum atomic E-state index is 0.929. The quantitative estimate of drug-likeness (QED) is 0.650. The van der Waals surface area contributed by atoms with Gasteiger partial charge in [-0.3, -0.25) is 0 Å². The fraction of sp³-hybridized carbons (Fsp3) is 0.412. The van der Waals surface area contributed by atoms with E-state index in [2.05, 4.69) is 37.3 Å². The second-order valence-corrected chi connectivity index (χ2v) is 4.86. The molecular weight excluding hydrogens is 220 g/mol. The number of rotatable bonds is 6. The first kappa shape index (κ1) is 12.9. The summed E-state index contributed by atoms with van der Waals surface area (Å²) in [4.78, 5) is 0. The number of ether oxygens (including phenoxy) is 1. The van der Waals surface area contributed by atoms with Crippen molar-refractivity contribution in [2.75, 3.05) is 7.11 Å². The average molecular weight is 242 g/mol. The summed E-state index contributed by atoms with van der Waals surface area (Å²) >= 11 is 0. The van der Waals surface area contributed by atoms with Crippen molar-refractivity contribution in [1.29, 1.82) is 0 Å². The Hall–Kier alpha value is -1.50. The molecule has 0 amide bonds. The summed E-state index contributed by atoms with van der Waals surface area (Å²) in [6.07, 6.45) is 6.50. The average Bonchev–Trinajstić information content (AvgIpc) is 2.43. The van der Waals surface area contributed by atoms with Crippen molar-refractivity contribution >= 4 is 10.8 Å². The van der Waals surface area contributed by atoms with E-state index in [-0.39, 0.29) is 0 Å². The number of unbranched alkanes of at least 4 members (excludes halogenated alkanes) is 3. The van der Waals surface area contributed by atoms with Crippen LogP contribution in [0.2, 0.25) is 0 Å². The molecule has 0 atom stereocenters. The normalized spacial score (nSPS) is 10.8. The highest BCUT2D eigenvalue weighted by atomic mass is 16.5. The number of fused-ring (bicyclic) bond motifs is 1. The van der Waals surface area contributed by atoms with E-state index in [0.29, 0.717) is 0 Å². The van der Waals surface area contributed by atoms with Crippen molar-refractivity contribution in [2.45, 2.75) is 39.0 Å². The van der Waals surface area contributed by atoms with Gasteiger partial charge >= 0.3 is 0 Å². The van der Waals surface area contributed by atoms with Crippen LogP contribution in [0.4, 0.5) is 0 Å². The minimum Gasteiger partial charge on any atom is -0.497 e. The van der Waals surface area contributed by atoms with Crippen LogP contribution in [0.15, 0.2) is 36.4 Å². The van der Waals surface area contributed by atoms with Crippen LogP contribution < -0.4 is 4.74 Å². The largest absolute Gasteiger partial charge is 0.497 e. The van der Waals surface area contributed by atoms with Gasteiger partial charge in [0.25, 0.3) is 0 Å². The van der Waals surface area contributed by atoms with Gasteiger partial charge in [-0.05, 0) is 41.3 Å². The lowest BCUT2D eigenvalue weighted by Crippen LogP contribution is -1.87. The van der Waals surface area contributed by atoms with E-state index in [4.69, 9.17) is 4.74 Å². The molecule has 0 saturated carbocycles. The zero-order valence-corrected chi connectivity index (χ0v) is 11.4. The summed E-state index contributed by atoms with van der Waals surface area (Å²) in [6, 6.07) is 13.0. The second-order valence-electron chi connectivity index (χ2n) is 4.86. The van der Waals surface area contributed by atoms with Crippen LogP contribution in [-0.2, 0) is 6.42 Å². The van der Waals surface area contributed by atoms with E-state index in [1.807, 2.05) is 6.07 Å². The Labute approximate surface area is 110 Å². The van der Waals surface area contributed by atoms with Crippen molar-refractivity contribution in [2.24, 2.45) is 0 Å². The Morgan fingerprint density at radius 3 is 2.44 bits per heavy atom. The van der Waals surface area contributed by atoms with Crippen molar-refractivity contribution < 1.29 is 4.74 Å². The third-order valence-electron chi connectivity index (χ3n) is 3.43. The van der Waals surface area contributed by atoms with Gasteiger partial charge in [0.2, 0.25) is 0 Å². The van der Waals surface area contributed by atoms with Crippen molar-refractivity contribution in [3.8, 4) is 5.75 Å². The molecule has 0 aliphatic carbocycles. The predicted molar refractivity (Wildman–Crippen MR) is 78.3 cm³/mol. The summed E-state index contributed by atoms with van der Waals surface area (Å²) in [6.45, 7) is 2.25. The lowest BCUT2D eigenvalue weighted by Gasteiger charge is -2.05. The Bertz CT molecular complexity index is 502. The zero-order valence-electron chi connectivity index (χ0n) is 11.4. The molecule has 1 nitrogen and oxygen atoms in total. The molecule has 0 aliphatic heterocycles. The Morgan fingerprint density at radius 1 is 0.889 bits per heavy atom. The van der Waals surface area contributed by atoms with E-state index >= 15 is 0 Å². The van der Waals surface area contributed by atoms with Gasteiger partial charge in [0.1, 0.15) is 5.75 Å². The van der Waals surface area contributed by atoms with Gasteiger partial charge in [-0.2, -0.15) is 0 Å². The molecule has 0 spiro atoms. The number of hydrogen-bond donors (Lipinski definition) is 0. The van der Waals surface area contributed by atoms with Crippen LogP contribution in [0.1, 0.15) is 38.2 Å². The second kappa shape index (κ2) is 6.44. The highest BCUT2D eigenvalue weighted by Crippen LogP contribution is 2.22. The molecule has 0 heterocycles. The zero-order chi connectivity index (χ0) is 12.8. The Kier molecular flexibility index (Phi) is 4.63. The molecule has 0 N–H and O–H groups in total. The monoisotopic (exact) mass is 242 g/mol. The van der Waals surface area contributed by atoms with Crippen LogP contribution in [-0.4, -0.2) is 7.11 Å². The highest BCUT2D eigenvalue weighted by Gasteiger charge is 1.99. The first-order chi connectivity index (χ1) is 8.83. The number of aryl methyl sites for hydroxylation is 1. The maximum Gasteiger partial charge on any atom is 0.119 e. The topological polar surface area (TPSA) is 9.23 Å². The maximum absolute atomic E-state index is 5.24. The van der Waals surface area contributed by atoms with Gasteiger partial charge < -0.3 is 4.74 Å². The van der Waals surface area contributed by atoms with Crippen molar-refractivity contribution in [1.82, 2.24) is 0 Å². The van der Waals surface area contributed by atoms with E-state index in [0.717, 1.165) is 5.75 Å². The minimum absolute atomic E-state index is 0.929. The van der Waals surface area contributed by atoms with Crippen LogP contribution in [0.25, 0.3) is 10.8 Å². The molecule has 0 aliphatic rings. The van der Waals surface area contributed by atoms with Gasteiger partial charge in [0.15, 0.2) is 0 Å². The molecule has 0 aromatic heterocycles. The smallest absolute Gasteiger partial charge is 0.119 e. The molecule has 2 aromatic carbocycles. The third kappa shape index (κ3) is 3.25. The fourth-order valence-corrected chi connectivity index (χ4v) is 2.31. The van der Waals surface area contributed by atoms with Crippen LogP contribution in [0.3, 0.4) is 0 Å². The molecule has 2 rings (SSSR count). The summed E-state index contributed by atoms with van der Waals surface area (Å²) in [5.74, 6) is 0.929. The van der Waals surface area contributed by atoms with Crippen molar-refractivity contribution in [3.05, 3.63) is 42.0 Å². The Balaban J connectivity index is 2.08. The van der Waals surface area contributed by atoms with Gasteiger partial charge in [-0.15, -0.1) is 0 Å². The van der Waals surface area contributed by atoms with Crippen molar-refractivity contribution in [3.63, 3.8) is 0 Å².